The van der Waals surface area contributed by atoms with Gasteiger partial charge in [-0.1, -0.05) is 20.8 Å². The largest absolute Gasteiger partial charge is 0.508 e. The molecule has 6 N–H and O–H groups in total. The normalized spacial score (nSPS) is 20.3. The fraction of sp³-hybridized carbons (Fsp3) is 0.250. The maximum atomic E-state index is 10.5. The van der Waals surface area contributed by atoms with Crippen molar-refractivity contribution in [3.8, 4) is 34.5 Å². The number of phenolic OH excluding ortho intramolecular Hbond substituents is 6. The van der Waals surface area contributed by atoms with Crippen LogP contribution in [0.5, 0.6) is 34.5 Å². The van der Waals surface area contributed by atoms with E-state index in [-0.39, 0.29) is 34.5 Å². The Morgan fingerprint density at radius 3 is 0.700 bits per heavy atom. The highest BCUT2D eigenvalue weighted by Gasteiger charge is 2.28. The van der Waals surface area contributed by atoms with Crippen molar-refractivity contribution in [2.24, 2.45) is 0 Å². The predicted octanol–water partition coefficient (Wildman–Crippen LogP) is 4.69. The summed E-state index contributed by atoms with van der Waals surface area (Å²) in [4.78, 5) is 0. The quantitative estimate of drug-likeness (QED) is 0.321. The van der Waals surface area contributed by atoms with Crippen LogP contribution in [0.25, 0.3) is 0 Å². The van der Waals surface area contributed by atoms with Gasteiger partial charge in [-0.25, -0.2) is 0 Å². The summed E-state index contributed by atoms with van der Waals surface area (Å²) in [5, 5.41) is 63.0. The SMILES string of the molecule is CC1c2cc(c(O)cc2O)C(C)c2cc(c(O)cc2O)C(C)c2cc1c(O)cc2O. The lowest BCUT2D eigenvalue weighted by molar-refractivity contribution is 0.428. The summed E-state index contributed by atoms with van der Waals surface area (Å²) < 4.78 is 0. The van der Waals surface area contributed by atoms with Crippen molar-refractivity contribution in [3.05, 3.63) is 69.8 Å². The first-order chi connectivity index (χ1) is 14.1. The van der Waals surface area contributed by atoms with Crippen LogP contribution in [-0.2, 0) is 0 Å². The van der Waals surface area contributed by atoms with Crippen LogP contribution in [0.3, 0.4) is 0 Å². The molecule has 4 rings (SSSR count). The molecular weight excluding hydrogens is 384 g/mol. The standard InChI is InChI=1S/C24H24O6/c1-10-13-4-15(21(27)7-19(13)25)11(2)17-6-18(24(30)9-23(17)29)12(3)16-5-14(10)20(26)8-22(16)28/h4-12,25-30H,1-3H3. The Labute approximate surface area is 173 Å². The second-order valence-electron chi connectivity index (χ2n) is 8.07. The van der Waals surface area contributed by atoms with Crippen LogP contribution in [0.15, 0.2) is 36.4 Å². The first kappa shape index (κ1) is 19.8. The molecule has 0 radical (unpaired) electrons. The maximum Gasteiger partial charge on any atom is 0.123 e. The lowest BCUT2D eigenvalue weighted by Gasteiger charge is -2.25. The van der Waals surface area contributed by atoms with Gasteiger partial charge in [0.05, 0.1) is 0 Å². The predicted molar refractivity (Wildman–Crippen MR) is 112 cm³/mol. The monoisotopic (exact) mass is 408 g/mol. The molecule has 0 amide bonds. The van der Waals surface area contributed by atoms with E-state index < -0.39 is 17.8 Å². The minimum atomic E-state index is -0.455. The van der Waals surface area contributed by atoms with E-state index in [0.29, 0.717) is 33.4 Å². The van der Waals surface area contributed by atoms with E-state index in [2.05, 4.69) is 0 Å². The van der Waals surface area contributed by atoms with Gasteiger partial charge in [-0.15, -0.1) is 0 Å². The Balaban J connectivity index is 2.13. The van der Waals surface area contributed by atoms with E-state index in [1.807, 2.05) is 0 Å². The second kappa shape index (κ2) is 6.76. The van der Waals surface area contributed by atoms with Crippen LogP contribution >= 0.6 is 0 Å². The van der Waals surface area contributed by atoms with Gasteiger partial charge in [-0.3, -0.25) is 0 Å². The van der Waals surface area contributed by atoms with E-state index in [9.17, 15) is 30.6 Å². The molecule has 30 heavy (non-hydrogen) atoms. The van der Waals surface area contributed by atoms with Crippen LogP contribution in [0, 0.1) is 0 Å². The molecular formula is C24H24O6. The summed E-state index contributed by atoms with van der Waals surface area (Å²) >= 11 is 0. The highest BCUT2D eigenvalue weighted by molar-refractivity contribution is 5.60. The number of fused-ring (bicyclic) bond motifs is 6. The highest BCUT2D eigenvalue weighted by atomic mass is 16.3. The minimum absolute atomic E-state index is 0.120. The van der Waals surface area contributed by atoms with Crippen molar-refractivity contribution in [1.82, 2.24) is 0 Å². The van der Waals surface area contributed by atoms with Crippen molar-refractivity contribution in [2.75, 3.05) is 0 Å². The third-order valence-electron chi connectivity index (χ3n) is 6.33. The fourth-order valence-corrected chi connectivity index (χ4v) is 4.42. The molecule has 6 heteroatoms. The molecule has 0 aromatic heterocycles. The maximum absolute atomic E-state index is 10.5. The van der Waals surface area contributed by atoms with Crippen LogP contribution in [-0.4, -0.2) is 30.6 Å². The number of phenols is 6. The lowest BCUT2D eigenvalue weighted by Crippen LogP contribution is -2.07. The van der Waals surface area contributed by atoms with Crippen LogP contribution in [0.4, 0.5) is 0 Å². The van der Waals surface area contributed by atoms with Crippen molar-refractivity contribution >= 4 is 0 Å². The molecule has 6 nitrogen and oxygen atoms in total. The first-order valence-electron chi connectivity index (χ1n) is 9.77. The molecule has 0 saturated heterocycles. The average molecular weight is 408 g/mol. The molecule has 6 bridgehead atoms. The number of aromatic hydroxyl groups is 6. The summed E-state index contributed by atoms with van der Waals surface area (Å²) in [6.07, 6.45) is 0. The third kappa shape index (κ3) is 2.87. The lowest BCUT2D eigenvalue weighted by atomic mass is 9.81. The molecule has 1 aliphatic carbocycles. The molecule has 0 spiro atoms. The molecule has 0 heterocycles. The minimum Gasteiger partial charge on any atom is -0.508 e. The molecule has 3 aromatic carbocycles. The smallest absolute Gasteiger partial charge is 0.123 e. The number of benzene rings is 3. The van der Waals surface area contributed by atoms with Gasteiger partial charge in [0.15, 0.2) is 0 Å². The third-order valence-corrected chi connectivity index (χ3v) is 6.33. The Morgan fingerprint density at radius 1 is 0.367 bits per heavy atom. The first-order valence-corrected chi connectivity index (χ1v) is 9.77. The van der Waals surface area contributed by atoms with Crippen LogP contribution < -0.4 is 0 Å². The molecule has 0 saturated carbocycles. The zero-order chi connectivity index (χ0) is 21.9. The van der Waals surface area contributed by atoms with Gasteiger partial charge >= 0.3 is 0 Å². The molecule has 156 valence electrons. The van der Waals surface area contributed by atoms with E-state index in [1.54, 1.807) is 39.0 Å². The van der Waals surface area contributed by atoms with Gasteiger partial charge in [-0.05, 0) is 18.2 Å². The van der Waals surface area contributed by atoms with E-state index in [4.69, 9.17) is 0 Å². The Kier molecular flexibility index (Phi) is 4.45. The Hall–Kier alpha value is -3.54. The van der Waals surface area contributed by atoms with Crippen molar-refractivity contribution in [2.45, 2.75) is 38.5 Å². The fourth-order valence-electron chi connectivity index (χ4n) is 4.42. The zero-order valence-electron chi connectivity index (χ0n) is 16.9. The zero-order valence-corrected chi connectivity index (χ0v) is 16.9. The van der Waals surface area contributed by atoms with Crippen LogP contribution in [0.2, 0.25) is 0 Å². The number of hydrogen-bond acceptors (Lipinski definition) is 6. The van der Waals surface area contributed by atoms with Gasteiger partial charge in [0.25, 0.3) is 0 Å². The van der Waals surface area contributed by atoms with Gasteiger partial charge in [-0.2, -0.15) is 0 Å². The van der Waals surface area contributed by atoms with Gasteiger partial charge < -0.3 is 30.6 Å². The molecule has 0 aliphatic heterocycles. The van der Waals surface area contributed by atoms with Crippen molar-refractivity contribution in [3.63, 3.8) is 0 Å². The summed E-state index contributed by atoms with van der Waals surface area (Å²) in [5.74, 6) is -2.08. The molecule has 0 fully saturated rings. The second-order valence-corrected chi connectivity index (χ2v) is 8.07. The number of hydrogen-bond donors (Lipinski definition) is 6. The average Bonchev–Trinajstić information content (AvgIpc) is 2.66. The Morgan fingerprint density at radius 2 is 0.533 bits per heavy atom. The van der Waals surface area contributed by atoms with Crippen molar-refractivity contribution < 1.29 is 30.6 Å². The summed E-state index contributed by atoms with van der Waals surface area (Å²) in [6, 6.07) is 8.73. The van der Waals surface area contributed by atoms with E-state index in [0.717, 1.165) is 0 Å². The van der Waals surface area contributed by atoms with Gasteiger partial charge in [0.1, 0.15) is 34.5 Å². The molecule has 0 atom stereocenters. The molecule has 0 unspecified atom stereocenters. The van der Waals surface area contributed by atoms with Gasteiger partial charge in [0, 0.05) is 69.3 Å². The summed E-state index contributed by atoms with van der Waals surface area (Å²) in [6.45, 7) is 5.42. The van der Waals surface area contributed by atoms with E-state index >= 15 is 0 Å². The number of rotatable bonds is 0. The van der Waals surface area contributed by atoms with Crippen molar-refractivity contribution in [1.29, 1.82) is 0 Å². The molecule has 3 aromatic rings. The topological polar surface area (TPSA) is 121 Å². The highest BCUT2D eigenvalue weighted by Crippen LogP contribution is 2.48. The van der Waals surface area contributed by atoms with Gasteiger partial charge in [0.2, 0.25) is 0 Å². The van der Waals surface area contributed by atoms with Crippen LogP contribution in [0.1, 0.15) is 71.9 Å². The summed E-state index contributed by atoms with van der Waals surface area (Å²) in [7, 11) is 0. The Bertz CT molecular complexity index is 945. The summed E-state index contributed by atoms with van der Waals surface area (Å²) in [5.41, 5.74) is 2.96. The molecule has 1 aliphatic rings. The van der Waals surface area contributed by atoms with E-state index in [1.165, 1.54) is 18.2 Å².